The summed E-state index contributed by atoms with van der Waals surface area (Å²) in [7, 11) is 0. The van der Waals surface area contributed by atoms with Gasteiger partial charge in [0.1, 0.15) is 0 Å². The third kappa shape index (κ3) is 2.42. The van der Waals surface area contributed by atoms with Gasteiger partial charge in [0.15, 0.2) is 0 Å². The van der Waals surface area contributed by atoms with Crippen LogP contribution in [0.3, 0.4) is 0 Å². The fourth-order valence-electron chi connectivity index (χ4n) is 2.44. The number of anilines is 1. The maximum absolute atomic E-state index is 10.8. The predicted molar refractivity (Wildman–Crippen MR) is 68.4 cm³/mol. The van der Waals surface area contributed by atoms with Gasteiger partial charge in [-0.25, -0.2) is 4.79 Å². The zero-order chi connectivity index (χ0) is 13.3. The van der Waals surface area contributed by atoms with E-state index in [0.717, 1.165) is 36.5 Å². The molecule has 1 fully saturated rings. The number of piperidine rings is 1. The number of carboxylic acid groups (broad SMARTS) is 1. The Morgan fingerprint density at radius 3 is 2.50 bits per heavy atom. The zero-order valence-electron chi connectivity index (χ0n) is 10.9. The van der Waals surface area contributed by atoms with Gasteiger partial charge in [0.2, 0.25) is 0 Å². The van der Waals surface area contributed by atoms with Crippen LogP contribution >= 0.6 is 0 Å². The molecule has 1 aliphatic heterocycles. The molecule has 0 unspecified atom stereocenters. The molecule has 1 amide bonds. The van der Waals surface area contributed by atoms with Crippen LogP contribution in [0.2, 0.25) is 0 Å². The Bertz CT molecular complexity index is 447. The molecule has 0 aromatic carbocycles. The molecule has 6 nitrogen and oxygen atoms in total. The summed E-state index contributed by atoms with van der Waals surface area (Å²) in [6.45, 7) is 5.95. The second-order valence-electron chi connectivity index (χ2n) is 4.98. The van der Waals surface area contributed by atoms with Crippen molar-refractivity contribution in [3.63, 3.8) is 0 Å². The van der Waals surface area contributed by atoms with E-state index in [-0.39, 0.29) is 0 Å². The number of nitrogen functional groups attached to an aromatic ring is 1. The van der Waals surface area contributed by atoms with Crippen LogP contribution in [0.1, 0.15) is 24.2 Å². The van der Waals surface area contributed by atoms with Crippen molar-refractivity contribution in [2.24, 2.45) is 5.92 Å². The SMILES string of the molecule is Cc1nn(CC2CCN(C(=O)O)CC2)c(C)c1N. The van der Waals surface area contributed by atoms with Gasteiger partial charge in [-0.1, -0.05) is 0 Å². The second-order valence-corrected chi connectivity index (χ2v) is 4.98. The highest BCUT2D eigenvalue weighted by Crippen LogP contribution is 2.22. The Balaban J connectivity index is 1.95. The van der Waals surface area contributed by atoms with Gasteiger partial charge in [-0.2, -0.15) is 5.10 Å². The summed E-state index contributed by atoms with van der Waals surface area (Å²) >= 11 is 0. The largest absolute Gasteiger partial charge is 0.465 e. The van der Waals surface area contributed by atoms with E-state index < -0.39 is 6.09 Å². The first kappa shape index (κ1) is 12.7. The third-order valence-corrected chi connectivity index (χ3v) is 3.75. The minimum atomic E-state index is -0.816. The van der Waals surface area contributed by atoms with Gasteiger partial charge in [0.05, 0.1) is 17.1 Å². The molecule has 0 atom stereocenters. The van der Waals surface area contributed by atoms with E-state index in [4.69, 9.17) is 10.8 Å². The highest BCUT2D eigenvalue weighted by Gasteiger charge is 2.23. The lowest BCUT2D eigenvalue weighted by Crippen LogP contribution is -2.38. The molecule has 0 saturated carbocycles. The molecule has 1 aromatic rings. The van der Waals surface area contributed by atoms with Gasteiger partial charge in [-0.15, -0.1) is 0 Å². The predicted octanol–water partition coefficient (Wildman–Crippen LogP) is 1.47. The molecule has 1 aromatic heterocycles. The Hall–Kier alpha value is -1.72. The molecule has 6 heteroatoms. The maximum Gasteiger partial charge on any atom is 0.407 e. The second kappa shape index (κ2) is 4.88. The fourth-order valence-corrected chi connectivity index (χ4v) is 2.44. The smallest absolute Gasteiger partial charge is 0.407 e. The molecule has 1 aliphatic rings. The number of aryl methyl sites for hydroxylation is 1. The van der Waals surface area contributed by atoms with Crippen molar-refractivity contribution in [1.29, 1.82) is 0 Å². The summed E-state index contributed by atoms with van der Waals surface area (Å²) in [6, 6.07) is 0. The first-order valence-electron chi connectivity index (χ1n) is 6.26. The van der Waals surface area contributed by atoms with Gasteiger partial charge in [0.25, 0.3) is 0 Å². The van der Waals surface area contributed by atoms with Crippen molar-refractivity contribution < 1.29 is 9.90 Å². The fraction of sp³-hybridized carbons (Fsp3) is 0.667. The molecular weight excluding hydrogens is 232 g/mol. The number of nitrogens with two attached hydrogens (primary N) is 1. The number of hydrogen-bond acceptors (Lipinski definition) is 3. The van der Waals surface area contributed by atoms with Gasteiger partial charge in [-0.3, -0.25) is 4.68 Å². The third-order valence-electron chi connectivity index (χ3n) is 3.75. The first-order chi connectivity index (χ1) is 8.49. The van der Waals surface area contributed by atoms with Crippen LogP contribution in [0.5, 0.6) is 0 Å². The Morgan fingerprint density at radius 2 is 2.06 bits per heavy atom. The number of aromatic nitrogens is 2. The Labute approximate surface area is 106 Å². The number of carbonyl (C=O) groups is 1. The molecule has 0 radical (unpaired) electrons. The highest BCUT2D eigenvalue weighted by atomic mass is 16.4. The van der Waals surface area contributed by atoms with E-state index in [0.29, 0.717) is 19.0 Å². The minimum absolute atomic E-state index is 0.484. The van der Waals surface area contributed by atoms with Gasteiger partial charge < -0.3 is 15.7 Å². The van der Waals surface area contributed by atoms with Crippen molar-refractivity contribution in [3.8, 4) is 0 Å². The molecule has 1 saturated heterocycles. The molecule has 3 N–H and O–H groups in total. The number of likely N-dealkylation sites (tertiary alicyclic amines) is 1. The van der Waals surface area contributed by atoms with Crippen LogP contribution in [0.15, 0.2) is 0 Å². The number of rotatable bonds is 2. The van der Waals surface area contributed by atoms with Crippen LogP contribution < -0.4 is 5.73 Å². The summed E-state index contributed by atoms with van der Waals surface area (Å²) in [6.07, 6.45) is 0.971. The number of nitrogens with zero attached hydrogens (tertiary/aromatic N) is 3. The quantitative estimate of drug-likeness (QED) is 0.834. The summed E-state index contributed by atoms with van der Waals surface area (Å²) < 4.78 is 1.95. The number of hydrogen-bond donors (Lipinski definition) is 2. The van der Waals surface area contributed by atoms with Crippen molar-refractivity contribution >= 4 is 11.8 Å². The lowest BCUT2D eigenvalue weighted by atomic mass is 9.97. The zero-order valence-corrected chi connectivity index (χ0v) is 10.9. The van der Waals surface area contributed by atoms with Crippen LogP contribution in [0.25, 0.3) is 0 Å². The van der Waals surface area contributed by atoms with Crippen molar-refractivity contribution in [3.05, 3.63) is 11.4 Å². The molecule has 0 bridgehead atoms. The number of amides is 1. The summed E-state index contributed by atoms with van der Waals surface area (Å²) in [5, 5.41) is 13.3. The van der Waals surface area contributed by atoms with Crippen LogP contribution in [0, 0.1) is 19.8 Å². The van der Waals surface area contributed by atoms with E-state index in [1.54, 1.807) is 0 Å². The van der Waals surface area contributed by atoms with Gasteiger partial charge in [-0.05, 0) is 32.6 Å². The average molecular weight is 252 g/mol. The van der Waals surface area contributed by atoms with E-state index in [1.807, 2.05) is 18.5 Å². The van der Waals surface area contributed by atoms with Crippen LogP contribution in [-0.2, 0) is 6.54 Å². The molecule has 0 aliphatic carbocycles. The van der Waals surface area contributed by atoms with Crippen molar-refractivity contribution in [2.75, 3.05) is 18.8 Å². The lowest BCUT2D eigenvalue weighted by molar-refractivity contribution is 0.121. The molecule has 2 heterocycles. The van der Waals surface area contributed by atoms with Crippen LogP contribution in [0.4, 0.5) is 10.5 Å². The van der Waals surface area contributed by atoms with E-state index in [1.165, 1.54) is 4.90 Å². The normalized spacial score (nSPS) is 17.1. The monoisotopic (exact) mass is 252 g/mol. The first-order valence-corrected chi connectivity index (χ1v) is 6.26. The van der Waals surface area contributed by atoms with Gasteiger partial charge >= 0.3 is 6.09 Å². The topological polar surface area (TPSA) is 84.4 Å². The summed E-state index contributed by atoms with van der Waals surface area (Å²) in [5.74, 6) is 0.484. The van der Waals surface area contributed by atoms with Crippen molar-refractivity contribution in [1.82, 2.24) is 14.7 Å². The van der Waals surface area contributed by atoms with E-state index in [2.05, 4.69) is 5.10 Å². The Morgan fingerprint density at radius 1 is 1.44 bits per heavy atom. The highest BCUT2D eigenvalue weighted by molar-refractivity contribution is 5.64. The molecule has 2 rings (SSSR count). The molecule has 100 valence electrons. The Kier molecular flexibility index (Phi) is 3.45. The van der Waals surface area contributed by atoms with Gasteiger partial charge in [0, 0.05) is 19.6 Å². The lowest BCUT2D eigenvalue weighted by Gasteiger charge is -2.30. The van der Waals surface area contributed by atoms with E-state index in [9.17, 15) is 4.79 Å². The minimum Gasteiger partial charge on any atom is -0.465 e. The molecular formula is C12H20N4O2. The maximum atomic E-state index is 10.8. The van der Waals surface area contributed by atoms with E-state index >= 15 is 0 Å². The molecule has 0 spiro atoms. The summed E-state index contributed by atoms with van der Waals surface area (Å²) in [4.78, 5) is 12.3. The summed E-state index contributed by atoms with van der Waals surface area (Å²) in [5.41, 5.74) is 8.54. The van der Waals surface area contributed by atoms with Crippen LogP contribution in [-0.4, -0.2) is 39.0 Å². The standard InChI is InChI=1S/C12H20N4O2/c1-8-11(13)9(2)16(14-8)7-10-3-5-15(6-4-10)12(17)18/h10H,3-7,13H2,1-2H3,(H,17,18). The average Bonchev–Trinajstić information content (AvgIpc) is 2.58. The van der Waals surface area contributed by atoms with Crippen molar-refractivity contribution in [2.45, 2.75) is 33.2 Å². The molecule has 18 heavy (non-hydrogen) atoms.